The summed E-state index contributed by atoms with van der Waals surface area (Å²) in [5.41, 5.74) is 6.72. The first-order valence-corrected chi connectivity index (χ1v) is 14.4. The fourth-order valence-corrected chi connectivity index (χ4v) is 5.66. The van der Waals surface area contributed by atoms with E-state index in [1.54, 1.807) is 6.26 Å². The lowest BCUT2D eigenvalue weighted by Crippen LogP contribution is -2.24. The Labute approximate surface area is 216 Å². The third kappa shape index (κ3) is 6.99. The van der Waals surface area contributed by atoms with Crippen molar-refractivity contribution in [3.05, 3.63) is 65.9 Å². The number of hydrogen-bond donors (Lipinski definition) is 1. The van der Waals surface area contributed by atoms with Gasteiger partial charge in [0, 0.05) is 24.1 Å². The van der Waals surface area contributed by atoms with E-state index in [-0.39, 0.29) is 6.61 Å². The predicted octanol–water partition coefficient (Wildman–Crippen LogP) is 5.35. The molecule has 2 aromatic carbocycles. The highest BCUT2D eigenvalue weighted by atomic mass is 32.2. The highest BCUT2D eigenvalue weighted by molar-refractivity contribution is 7.90. The second-order valence-corrected chi connectivity index (χ2v) is 11.5. The Balaban J connectivity index is 1.62. The van der Waals surface area contributed by atoms with Crippen molar-refractivity contribution >= 4 is 17.1 Å². The van der Waals surface area contributed by atoms with Crippen LogP contribution in [0.15, 0.2) is 54.6 Å². The van der Waals surface area contributed by atoms with Crippen molar-refractivity contribution in [2.24, 2.45) is 11.8 Å². The first kappa shape index (κ1) is 26.5. The summed E-state index contributed by atoms with van der Waals surface area (Å²) in [5, 5.41) is 14.0. The molecule has 36 heavy (non-hydrogen) atoms. The zero-order chi connectivity index (χ0) is 25.5. The van der Waals surface area contributed by atoms with E-state index in [1.165, 1.54) is 5.56 Å². The second kappa shape index (κ2) is 12.6. The number of carboxylic acids is 1. The third-order valence-electron chi connectivity index (χ3n) is 7.01. The standard InChI is InChI=1S/C29H36N2O4S/c1-21-7-6-10-25(17-21)28-26(15-16-36(2)34)31(30-29(28)24-8-4-3-5-9-24)18-22-11-13-23(14-12-22)19-35-20-27(32)33/h3-10,17,22-23H,11-16,18-20H2,1-2H3,(H,32,33)/t22-,23-,36?. The van der Waals surface area contributed by atoms with E-state index in [1.807, 2.05) is 18.2 Å². The molecule has 0 spiro atoms. The quantitative estimate of drug-likeness (QED) is 0.353. The van der Waals surface area contributed by atoms with Crippen LogP contribution < -0.4 is 0 Å². The number of carbonyl (C=O) groups is 1. The second-order valence-electron chi connectivity index (χ2n) is 9.91. The molecular weight excluding hydrogens is 472 g/mol. The number of aryl methyl sites for hydroxylation is 1. The van der Waals surface area contributed by atoms with Gasteiger partial charge in [0.2, 0.25) is 0 Å². The summed E-state index contributed by atoms with van der Waals surface area (Å²) in [5.74, 6) is 0.608. The van der Waals surface area contributed by atoms with Gasteiger partial charge >= 0.3 is 5.97 Å². The zero-order valence-corrected chi connectivity index (χ0v) is 22.0. The molecule has 0 saturated heterocycles. The van der Waals surface area contributed by atoms with Crippen LogP contribution in [0, 0.1) is 18.8 Å². The topological polar surface area (TPSA) is 87.4 Å². The fourth-order valence-electron chi connectivity index (χ4n) is 5.18. The lowest BCUT2D eigenvalue weighted by Gasteiger charge is -2.28. The smallest absolute Gasteiger partial charge is 0.329 e. The Kier molecular flexibility index (Phi) is 9.24. The minimum absolute atomic E-state index is 0.223. The molecule has 1 aliphatic rings. The summed E-state index contributed by atoms with van der Waals surface area (Å²) < 4.78 is 19.6. The Bertz CT molecular complexity index is 1140. The monoisotopic (exact) mass is 508 g/mol. The molecular formula is C29H36N2O4S. The zero-order valence-electron chi connectivity index (χ0n) is 21.2. The molecule has 192 valence electrons. The number of rotatable bonds is 11. The van der Waals surface area contributed by atoms with Crippen molar-refractivity contribution in [1.82, 2.24) is 9.78 Å². The number of ether oxygens (including phenoxy) is 1. The SMILES string of the molecule is Cc1cccc(-c2c(-c3ccccc3)nn(C[C@H]3CC[C@H](COCC(=O)O)CC3)c2CC[S+](C)[O-])c1. The first-order chi connectivity index (χ1) is 17.4. The van der Waals surface area contributed by atoms with Crippen molar-refractivity contribution in [3.63, 3.8) is 0 Å². The van der Waals surface area contributed by atoms with Gasteiger partial charge in [-0.25, -0.2) is 4.79 Å². The maximum Gasteiger partial charge on any atom is 0.329 e. The highest BCUT2D eigenvalue weighted by Crippen LogP contribution is 2.37. The van der Waals surface area contributed by atoms with E-state index in [0.29, 0.717) is 30.6 Å². The van der Waals surface area contributed by atoms with Gasteiger partial charge in [-0.1, -0.05) is 71.3 Å². The van der Waals surface area contributed by atoms with E-state index in [4.69, 9.17) is 14.9 Å². The molecule has 0 radical (unpaired) electrons. The van der Waals surface area contributed by atoms with Gasteiger partial charge in [0.05, 0.1) is 18.6 Å². The van der Waals surface area contributed by atoms with Crippen LogP contribution in [0.1, 0.15) is 36.9 Å². The third-order valence-corrected chi connectivity index (χ3v) is 7.79. The van der Waals surface area contributed by atoms with E-state index >= 15 is 0 Å². The van der Waals surface area contributed by atoms with E-state index in [9.17, 15) is 9.35 Å². The highest BCUT2D eigenvalue weighted by Gasteiger charge is 2.26. The summed E-state index contributed by atoms with van der Waals surface area (Å²) in [6, 6.07) is 18.9. The maximum atomic E-state index is 12.1. The molecule has 1 N–H and O–H groups in total. The van der Waals surface area contributed by atoms with Crippen molar-refractivity contribution in [2.45, 2.75) is 45.6 Å². The number of carboxylic acid groups (broad SMARTS) is 1. The summed E-state index contributed by atoms with van der Waals surface area (Å²) >= 11 is -0.894. The molecule has 1 fully saturated rings. The maximum absolute atomic E-state index is 12.1. The van der Waals surface area contributed by atoms with Crippen molar-refractivity contribution in [1.29, 1.82) is 0 Å². The number of benzene rings is 2. The van der Waals surface area contributed by atoms with Gasteiger partial charge in [-0.3, -0.25) is 4.68 Å². The van der Waals surface area contributed by atoms with Crippen molar-refractivity contribution < 1.29 is 19.2 Å². The molecule has 6 nitrogen and oxygen atoms in total. The molecule has 0 aliphatic heterocycles. The van der Waals surface area contributed by atoms with Crippen LogP contribution in [0.25, 0.3) is 22.4 Å². The molecule has 3 aromatic rings. The van der Waals surface area contributed by atoms with Gasteiger partial charge in [0.15, 0.2) is 0 Å². The van der Waals surface area contributed by atoms with Gasteiger partial charge in [-0.15, -0.1) is 0 Å². The Morgan fingerprint density at radius 3 is 2.44 bits per heavy atom. The molecule has 0 amide bonds. The minimum atomic E-state index is -0.915. The molecule has 7 heteroatoms. The van der Waals surface area contributed by atoms with Gasteiger partial charge in [-0.2, -0.15) is 5.10 Å². The fraction of sp³-hybridized carbons (Fsp3) is 0.448. The summed E-state index contributed by atoms with van der Waals surface area (Å²) in [7, 11) is 0. The van der Waals surface area contributed by atoms with Crippen LogP contribution in [0.2, 0.25) is 0 Å². The largest absolute Gasteiger partial charge is 0.617 e. The van der Waals surface area contributed by atoms with E-state index in [0.717, 1.165) is 60.3 Å². The predicted molar refractivity (Wildman–Crippen MR) is 144 cm³/mol. The van der Waals surface area contributed by atoms with Crippen LogP contribution in [0.4, 0.5) is 0 Å². The molecule has 1 heterocycles. The van der Waals surface area contributed by atoms with E-state index < -0.39 is 17.1 Å². The molecule has 1 aromatic heterocycles. The van der Waals surface area contributed by atoms with Crippen LogP contribution in [-0.2, 0) is 33.7 Å². The minimum Gasteiger partial charge on any atom is -0.617 e. The lowest BCUT2D eigenvalue weighted by molar-refractivity contribution is -0.142. The van der Waals surface area contributed by atoms with E-state index in [2.05, 4.69) is 48.0 Å². The molecule has 4 rings (SSSR count). The molecule has 1 aliphatic carbocycles. The van der Waals surface area contributed by atoms with Crippen molar-refractivity contribution in [2.75, 3.05) is 25.2 Å². The average Bonchev–Trinajstić information content (AvgIpc) is 3.22. The van der Waals surface area contributed by atoms with Crippen LogP contribution in [0.5, 0.6) is 0 Å². The van der Waals surface area contributed by atoms with Gasteiger partial charge in [0.1, 0.15) is 18.1 Å². The summed E-state index contributed by atoms with van der Waals surface area (Å²) in [6.07, 6.45) is 6.69. The lowest BCUT2D eigenvalue weighted by atomic mass is 9.82. The van der Waals surface area contributed by atoms with Gasteiger partial charge in [-0.05, 0) is 50.0 Å². The number of nitrogens with zero attached hydrogens (tertiary/aromatic N) is 2. The molecule has 1 atom stereocenters. The number of aromatic nitrogens is 2. The summed E-state index contributed by atoms with van der Waals surface area (Å²) in [6.45, 7) is 3.24. The van der Waals surface area contributed by atoms with Crippen LogP contribution >= 0.6 is 0 Å². The van der Waals surface area contributed by atoms with Crippen LogP contribution in [0.3, 0.4) is 0 Å². The number of hydrogen-bond acceptors (Lipinski definition) is 4. The molecule has 1 unspecified atom stereocenters. The Hall–Kier alpha value is -2.61. The van der Waals surface area contributed by atoms with Gasteiger partial charge < -0.3 is 14.4 Å². The number of aliphatic carboxylic acids is 1. The normalized spacial score (nSPS) is 18.8. The average molecular weight is 509 g/mol. The van der Waals surface area contributed by atoms with Crippen LogP contribution in [-0.4, -0.2) is 50.6 Å². The molecule has 1 saturated carbocycles. The van der Waals surface area contributed by atoms with Crippen molar-refractivity contribution in [3.8, 4) is 22.4 Å². The Morgan fingerprint density at radius 1 is 1.08 bits per heavy atom. The Morgan fingerprint density at radius 2 is 1.78 bits per heavy atom. The first-order valence-electron chi connectivity index (χ1n) is 12.7. The summed E-state index contributed by atoms with van der Waals surface area (Å²) in [4.78, 5) is 10.7. The molecule has 0 bridgehead atoms. The van der Waals surface area contributed by atoms with Gasteiger partial charge in [0.25, 0.3) is 0 Å².